The molecule has 0 saturated heterocycles. The van der Waals surface area contributed by atoms with Crippen molar-refractivity contribution in [3.63, 3.8) is 0 Å². The van der Waals surface area contributed by atoms with Gasteiger partial charge in [-0.25, -0.2) is 0 Å². The quantitative estimate of drug-likeness (QED) is 0.347. The molecule has 0 atom stereocenters. The molecule has 3 N–H and O–H groups in total. The maximum absolute atomic E-state index is 11.6. The molecule has 2 aromatic heterocycles. The van der Waals surface area contributed by atoms with Crippen LogP contribution in [0.2, 0.25) is 0 Å². The molecule has 5 nitrogen and oxygen atoms in total. The minimum atomic E-state index is -1.90. The predicted octanol–water partition coefficient (Wildman–Crippen LogP) is 4.66. The van der Waals surface area contributed by atoms with E-state index in [1.165, 1.54) is 0 Å². The maximum Gasteiger partial charge on any atom is 0.492 e. The van der Waals surface area contributed by atoms with E-state index in [9.17, 15) is 15.2 Å². The van der Waals surface area contributed by atoms with Gasteiger partial charge in [0.25, 0.3) is 0 Å². The number of rotatable bonds is 3. The average molecular weight is 442 g/mol. The summed E-state index contributed by atoms with van der Waals surface area (Å²) in [6.07, 6.45) is 3.43. The van der Waals surface area contributed by atoms with Crippen molar-refractivity contribution >= 4 is 45.2 Å². The SMILES string of the molecule is OB(O)c1c(O)c(-c2cccc3cccnc23)c2ccccc2c1-c1cccc2ncccc12. The Labute approximate surface area is 195 Å². The van der Waals surface area contributed by atoms with Gasteiger partial charge >= 0.3 is 7.12 Å². The Morgan fingerprint density at radius 3 is 2.06 bits per heavy atom. The fourth-order valence-corrected chi connectivity index (χ4v) is 4.89. The number of pyridine rings is 2. The maximum atomic E-state index is 11.6. The number of fused-ring (bicyclic) bond motifs is 3. The van der Waals surface area contributed by atoms with E-state index in [1.54, 1.807) is 12.4 Å². The van der Waals surface area contributed by atoms with Crippen molar-refractivity contribution < 1.29 is 15.2 Å². The first kappa shape index (κ1) is 20.4. The van der Waals surface area contributed by atoms with E-state index in [4.69, 9.17) is 0 Å². The first-order chi connectivity index (χ1) is 16.6. The van der Waals surface area contributed by atoms with Gasteiger partial charge in [0.15, 0.2) is 0 Å². The average Bonchev–Trinajstić information content (AvgIpc) is 2.87. The first-order valence-corrected chi connectivity index (χ1v) is 11.0. The zero-order valence-corrected chi connectivity index (χ0v) is 18.1. The Morgan fingerprint density at radius 1 is 0.588 bits per heavy atom. The molecule has 2 heterocycles. The highest BCUT2D eigenvalue weighted by Gasteiger charge is 2.29. The third-order valence-electron chi connectivity index (χ3n) is 6.30. The molecular weight excluding hydrogens is 423 g/mol. The first-order valence-electron chi connectivity index (χ1n) is 11.0. The summed E-state index contributed by atoms with van der Waals surface area (Å²) in [5.41, 5.74) is 4.14. The molecule has 0 fully saturated rings. The third kappa shape index (κ3) is 3.04. The fourth-order valence-electron chi connectivity index (χ4n) is 4.89. The number of phenols is 1. The van der Waals surface area contributed by atoms with Crippen molar-refractivity contribution in [1.29, 1.82) is 0 Å². The number of phenolic OH excluding ortho intramolecular Hbond substituents is 1. The predicted molar refractivity (Wildman–Crippen MR) is 137 cm³/mol. The second-order valence-corrected chi connectivity index (χ2v) is 8.19. The molecule has 34 heavy (non-hydrogen) atoms. The molecule has 162 valence electrons. The molecule has 6 heteroatoms. The van der Waals surface area contributed by atoms with Crippen LogP contribution < -0.4 is 5.46 Å². The molecule has 6 aromatic rings. The van der Waals surface area contributed by atoms with Crippen molar-refractivity contribution in [2.75, 3.05) is 0 Å². The molecule has 0 spiro atoms. The Bertz CT molecular complexity index is 1710. The van der Waals surface area contributed by atoms with Gasteiger partial charge in [0.2, 0.25) is 0 Å². The second-order valence-electron chi connectivity index (χ2n) is 8.19. The lowest BCUT2D eigenvalue weighted by molar-refractivity contribution is 0.420. The molecule has 6 rings (SSSR count). The highest BCUT2D eigenvalue weighted by Crippen LogP contribution is 2.43. The summed E-state index contributed by atoms with van der Waals surface area (Å²) in [6.45, 7) is 0. The Hall–Kier alpha value is -4.26. The van der Waals surface area contributed by atoms with Crippen LogP contribution in [0.1, 0.15) is 0 Å². The summed E-state index contributed by atoms with van der Waals surface area (Å²) >= 11 is 0. The minimum Gasteiger partial charge on any atom is -0.508 e. The van der Waals surface area contributed by atoms with Gasteiger partial charge in [0.1, 0.15) is 5.75 Å². The molecule has 0 bridgehead atoms. The monoisotopic (exact) mass is 442 g/mol. The van der Waals surface area contributed by atoms with Crippen molar-refractivity contribution in [2.24, 2.45) is 0 Å². The van der Waals surface area contributed by atoms with E-state index in [0.717, 1.165) is 43.7 Å². The molecule has 0 saturated carbocycles. The van der Waals surface area contributed by atoms with Gasteiger partial charge in [-0.3, -0.25) is 9.97 Å². The van der Waals surface area contributed by atoms with Crippen LogP contribution in [0.15, 0.2) is 97.3 Å². The van der Waals surface area contributed by atoms with Gasteiger partial charge in [-0.05, 0) is 40.1 Å². The van der Waals surface area contributed by atoms with Crippen LogP contribution in [0.4, 0.5) is 0 Å². The number of aromatic hydroxyl groups is 1. The van der Waals surface area contributed by atoms with Gasteiger partial charge < -0.3 is 15.2 Å². The van der Waals surface area contributed by atoms with Crippen molar-refractivity contribution in [3.05, 3.63) is 97.3 Å². The van der Waals surface area contributed by atoms with E-state index in [0.29, 0.717) is 11.1 Å². The Morgan fingerprint density at radius 2 is 1.24 bits per heavy atom. The van der Waals surface area contributed by atoms with Crippen LogP contribution in [0, 0.1) is 0 Å². The Balaban J connectivity index is 1.81. The number of benzene rings is 4. The molecule has 0 aliphatic carbocycles. The fraction of sp³-hybridized carbons (Fsp3) is 0. The summed E-state index contributed by atoms with van der Waals surface area (Å²) in [4.78, 5) is 9.01. The number of hydrogen-bond acceptors (Lipinski definition) is 5. The number of para-hydroxylation sites is 1. The van der Waals surface area contributed by atoms with Crippen LogP contribution in [-0.4, -0.2) is 32.2 Å². The molecule has 4 aromatic carbocycles. The summed E-state index contributed by atoms with van der Waals surface area (Å²) in [5.74, 6) is -0.178. The summed E-state index contributed by atoms with van der Waals surface area (Å²) in [5, 5.41) is 36.0. The largest absolute Gasteiger partial charge is 0.508 e. The number of hydrogen-bond donors (Lipinski definition) is 3. The smallest absolute Gasteiger partial charge is 0.492 e. The van der Waals surface area contributed by atoms with Gasteiger partial charge in [-0.1, -0.05) is 66.7 Å². The van der Waals surface area contributed by atoms with E-state index in [-0.39, 0.29) is 11.2 Å². The van der Waals surface area contributed by atoms with Crippen LogP contribution in [-0.2, 0) is 0 Å². The van der Waals surface area contributed by atoms with Gasteiger partial charge in [-0.15, -0.1) is 0 Å². The lowest BCUT2D eigenvalue weighted by Gasteiger charge is -2.21. The van der Waals surface area contributed by atoms with E-state index in [1.807, 2.05) is 84.9 Å². The molecule has 0 aliphatic heterocycles. The van der Waals surface area contributed by atoms with E-state index >= 15 is 0 Å². The summed E-state index contributed by atoms with van der Waals surface area (Å²) in [7, 11) is -1.90. The normalized spacial score (nSPS) is 11.4. The van der Waals surface area contributed by atoms with E-state index < -0.39 is 7.12 Å². The molecule has 0 unspecified atom stereocenters. The van der Waals surface area contributed by atoms with Crippen molar-refractivity contribution in [2.45, 2.75) is 0 Å². The zero-order valence-electron chi connectivity index (χ0n) is 18.1. The van der Waals surface area contributed by atoms with Gasteiger partial charge in [0, 0.05) is 39.8 Å². The van der Waals surface area contributed by atoms with Crippen LogP contribution >= 0.6 is 0 Å². The lowest BCUT2D eigenvalue weighted by atomic mass is 9.70. The van der Waals surface area contributed by atoms with Crippen molar-refractivity contribution in [3.8, 4) is 28.0 Å². The molecule has 0 amide bonds. The number of nitrogens with zero attached hydrogens (tertiary/aromatic N) is 2. The molecule has 0 radical (unpaired) electrons. The van der Waals surface area contributed by atoms with Crippen molar-refractivity contribution in [1.82, 2.24) is 9.97 Å². The topological polar surface area (TPSA) is 86.5 Å². The zero-order chi connectivity index (χ0) is 23.2. The highest BCUT2D eigenvalue weighted by atomic mass is 16.4. The van der Waals surface area contributed by atoms with Gasteiger partial charge in [-0.2, -0.15) is 0 Å². The minimum absolute atomic E-state index is 0.0537. The lowest BCUT2D eigenvalue weighted by Crippen LogP contribution is -2.32. The van der Waals surface area contributed by atoms with Crippen LogP contribution in [0.25, 0.3) is 54.8 Å². The van der Waals surface area contributed by atoms with Gasteiger partial charge in [0.05, 0.1) is 11.0 Å². The Kier molecular flexibility index (Phi) is 4.76. The van der Waals surface area contributed by atoms with Crippen LogP contribution in [0.5, 0.6) is 5.75 Å². The standard InChI is InChI=1S/C28H19BN2O3/c32-28-25(22-12-3-7-17-8-5-16-31-27(17)22)21-10-2-1-9-20(21)24(26(28)29(33)34)19-11-4-14-23-18(19)13-6-15-30-23/h1-16,32-34H. The highest BCUT2D eigenvalue weighted by molar-refractivity contribution is 6.63. The summed E-state index contributed by atoms with van der Waals surface area (Å²) in [6, 6.07) is 26.8. The number of aromatic nitrogens is 2. The summed E-state index contributed by atoms with van der Waals surface area (Å²) < 4.78 is 0. The molecule has 0 aliphatic rings. The van der Waals surface area contributed by atoms with E-state index in [2.05, 4.69) is 9.97 Å². The third-order valence-corrected chi connectivity index (χ3v) is 6.30. The second kappa shape index (κ2) is 7.95. The van der Waals surface area contributed by atoms with Crippen LogP contribution in [0.3, 0.4) is 0 Å². The molecular formula is C28H19BN2O3.